The zero-order valence-corrected chi connectivity index (χ0v) is 11.0. The Kier molecular flexibility index (Phi) is 6.10. The van der Waals surface area contributed by atoms with Crippen LogP contribution in [-0.2, 0) is 0 Å². The van der Waals surface area contributed by atoms with Crippen LogP contribution in [0.1, 0.15) is 6.92 Å². The van der Waals surface area contributed by atoms with Crippen molar-refractivity contribution >= 4 is 27.5 Å². The van der Waals surface area contributed by atoms with Crippen LogP contribution in [0.2, 0.25) is 0 Å². The molecule has 1 rings (SSSR count). The third-order valence-electron chi connectivity index (χ3n) is 2.52. The minimum Gasteiger partial charge on any atom is -0.300 e. The summed E-state index contributed by atoms with van der Waals surface area (Å²) in [5, 5.41) is 1.08. The van der Waals surface area contributed by atoms with E-state index in [1.807, 2.05) is 0 Å². The van der Waals surface area contributed by atoms with Gasteiger partial charge in [-0.15, -0.1) is 0 Å². The quantitative estimate of drug-likeness (QED) is 0.729. The van der Waals surface area contributed by atoms with Crippen LogP contribution in [0.15, 0.2) is 11.1 Å². The average molecular weight is 282 g/mol. The highest BCUT2D eigenvalue weighted by Gasteiger charge is 2.15. The number of alkyl halides is 1. The van der Waals surface area contributed by atoms with Crippen molar-refractivity contribution in [1.29, 1.82) is 0 Å². The third kappa shape index (κ3) is 4.30. The SMILES string of the molecule is CC(=CCl)CN1CCN(CCBr)CC1. The number of hydrogen-bond donors (Lipinski definition) is 0. The summed E-state index contributed by atoms with van der Waals surface area (Å²) in [4.78, 5) is 4.95. The van der Waals surface area contributed by atoms with Crippen molar-refractivity contribution in [3.8, 4) is 0 Å². The summed E-state index contributed by atoms with van der Waals surface area (Å²) in [7, 11) is 0. The van der Waals surface area contributed by atoms with Gasteiger partial charge in [-0.2, -0.15) is 0 Å². The van der Waals surface area contributed by atoms with Crippen LogP contribution in [0.4, 0.5) is 0 Å². The number of rotatable bonds is 4. The van der Waals surface area contributed by atoms with Crippen LogP contribution in [0.3, 0.4) is 0 Å². The summed E-state index contributed by atoms with van der Waals surface area (Å²) >= 11 is 9.11. The summed E-state index contributed by atoms with van der Waals surface area (Å²) in [6.45, 7) is 8.95. The van der Waals surface area contributed by atoms with Gasteiger partial charge in [0.15, 0.2) is 0 Å². The minimum absolute atomic E-state index is 1.02. The van der Waals surface area contributed by atoms with E-state index < -0.39 is 0 Å². The smallest absolute Gasteiger partial charge is 0.0202 e. The maximum atomic E-state index is 5.64. The topological polar surface area (TPSA) is 6.48 Å². The van der Waals surface area contributed by atoms with Crippen LogP contribution in [0.5, 0.6) is 0 Å². The summed E-state index contributed by atoms with van der Waals surface area (Å²) in [5.41, 5.74) is 2.94. The summed E-state index contributed by atoms with van der Waals surface area (Å²) in [6, 6.07) is 0. The molecular formula is C10H18BrClN2. The highest BCUT2D eigenvalue weighted by molar-refractivity contribution is 9.09. The van der Waals surface area contributed by atoms with Crippen molar-refractivity contribution in [3.05, 3.63) is 11.1 Å². The lowest BCUT2D eigenvalue weighted by atomic mass is 10.2. The van der Waals surface area contributed by atoms with E-state index >= 15 is 0 Å². The number of piperazine rings is 1. The standard InChI is InChI=1S/C10H18BrClN2/c1-10(8-12)9-14-6-4-13(3-2-11)5-7-14/h8H,2-7,9H2,1H3. The van der Waals surface area contributed by atoms with Crippen molar-refractivity contribution in [3.63, 3.8) is 0 Å². The summed E-state index contributed by atoms with van der Waals surface area (Å²) < 4.78 is 0. The Hall–Kier alpha value is 0.430. The second kappa shape index (κ2) is 6.83. The molecule has 0 unspecified atom stereocenters. The van der Waals surface area contributed by atoms with Crippen LogP contribution >= 0.6 is 27.5 Å². The molecule has 0 atom stereocenters. The maximum absolute atomic E-state index is 5.64. The molecule has 0 N–H and O–H groups in total. The highest BCUT2D eigenvalue weighted by atomic mass is 79.9. The molecule has 1 aliphatic heterocycles. The van der Waals surface area contributed by atoms with Crippen molar-refractivity contribution < 1.29 is 0 Å². The zero-order chi connectivity index (χ0) is 10.4. The molecule has 82 valence electrons. The molecule has 0 aromatic carbocycles. The maximum Gasteiger partial charge on any atom is 0.0202 e. The molecule has 1 fully saturated rings. The molecule has 1 aliphatic rings. The first kappa shape index (κ1) is 12.5. The van der Waals surface area contributed by atoms with Gasteiger partial charge < -0.3 is 0 Å². The van der Waals surface area contributed by atoms with Gasteiger partial charge in [-0.05, 0) is 12.5 Å². The van der Waals surface area contributed by atoms with Crippen molar-refractivity contribution in [2.75, 3.05) is 44.6 Å². The van der Waals surface area contributed by atoms with Gasteiger partial charge in [0.2, 0.25) is 0 Å². The van der Waals surface area contributed by atoms with E-state index in [0.29, 0.717) is 0 Å². The molecule has 1 heterocycles. The largest absolute Gasteiger partial charge is 0.300 e. The summed E-state index contributed by atoms with van der Waals surface area (Å²) in [5.74, 6) is 0. The normalized spacial score (nSPS) is 21.5. The number of halogens is 2. The predicted molar refractivity (Wildman–Crippen MR) is 66.3 cm³/mol. The monoisotopic (exact) mass is 280 g/mol. The van der Waals surface area contributed by atoms with Gasteiger partial charge in [0.1, 0.15) is 0 Å². The molecule has 0 bridgehead atoms. The van der Waals surface area contributed by atoms with Crippen LogP contribution < -0.4 is 0 Å². The lowest BCUT2D eigenvalue weighted by Crippen LogP contribution is -2.47. The Morgan fingerprint density at radius 3 is 2.36 bits per heavy atom. The van der Waals surface area contributed by atoms with E-state index in [2.05, 4.69) is 32.7 Å². The molecule has 0 radical (unpaired) electrons. The van der Waals surface area contributed by atoms with Gasteiger partial charge >= 0.3 is 0 Å². The first-order valence-electron chi connectivity index (χ1n) is 5.03. The molecule has 0 amide bonds. The Balaban J connectivity index is 2.22. The average Bonchev–Trinajstić information content (AvgIpc) is 2.21. The van der Waals surface area contributed by atoms with Crippen LogP contribution in [0.25, 0.3) is 0 Å². The molecule has 0 saturated carbocycles. The van der Waals surface area contributed by atoms with E-state index in [-0.39, 0.29) is 0 Å². The Morgan fingerprint density at radius 2 is 1.86 bits per heavy atom. The molecule has 0 aromatic rings. The predicted octanol–water partition coefficient (Wildman–Crippen LogP) is 2.14. The van der Waals surface area contributed by atoms with E-state index in [9.17, 15) is 0 Å². The lowest BCUT2D eigenvalue weighted by Gasteiger charge is -2.34. The van der Waals surface area contributed by atoms with Crippen molar-refractivity contribution in [2.45, 2.75) is 6.92 Å². The van der Waals surface area contributed by atoms with E-state index in [1.54, 1.807) is 5.54 Å². The highest BCUT2D eigenvalue weighted by Crippen LogP contribution is 2.05. The third-order valence-corrected chi connectivity index (χ3v) is 3.25. The molecule has 0 spiro atoms. The van der Waals surface area contributed by atoms with E-state index in [0.717, 1.165) is 31.5 Å². The van der Waals surface area contributed by atoms with Crippen molar-refractivity contribution in [1.82, 2.24) is 9.80 Å². The Labute approximate surface area is 100 Å². The molecule has 2 nitrogen and oxygen atoms in total. The van der Waals surface area contributed by atoms with Gasteiger partial charge in [-0.25, -0.2) is 0 Å². The molecule has 1 saturated heterocycles. The first-order chi connectivity index (χ1) is 6.76. The number of hydrogen-bond acceptors (Lipinski definition) is 2. The summed E-state index contributed by atoms with van der Waals surface area (Å²) in [6.07, 6.45) is 0. The Morgan fingerprint density at radius 1 is 1.29 bits per heavy atom. The fourth-order valence-corrected chi connectivity index (χ4v) is 2.25. The minimum atomic E-state index is 1.02. The van der Waals surface area contributed by atoms with Gasteiger partial charge in [0.05, 0.1) is 0 Å². The Bertz CT molecular complexity index is 189. The van der Waals surface area contributed by atoms with Crippen LogP contribution in [0, 0.1) is 0 Å². The fourth-order valence-electron chi connectivity index (χ4n) is 1.68. The lowest BCUT2D eigenvalue weighted by molar-refractivity contribution is 0.147. The molecular weight excluding hydrogens is 263 g/mol. The van der Waals surface area contributed by atoms with Crippen molar-refractivity contribution in [2.24, 2.45) is 0 Å². The van der Waals surface area contributed by atoms with Gasteiger partial charge in [0, 0.05) is 50.1 Å². The van der Waals surface area contributed by atoms with E-state index in [1.165, 1.54) is 18.7 Å². The van der Waals surface area contributed by atoms with E-state index in [4.69, 9.17) is 11.6 Å². The van der Waals surface area contributed by atoms with Gasteiger partial charge in [-0.1, -0.05) is 27.5 Å². The fraction of sp³-hybridized carbons (Fsp3) is 0.800. The zero-order valence-electron chi connectivity index (χ0n) is 8.68. The molecule has 14 heavy (non-hydrogen) atoms. The van der Waals surface area contributed by atoms with Gasteiger partial charge in [-0.3, -0.25) is 9.80 Å². The molecule has 0 aliphatic carbocycles. The first-order valence-corrected chi connectivity index (χ1v) is 6.58. The number of nitrogens with zero attached hydrogens (tertiary/aromatic N) is 2. The molecule has 0 aromatic heterocycles. The second-order valence-corrected chi connectivity index (χ2v) is 4.77. The second-order valence-electron chi connectivity index (χ2n) is 3.76. The molecule has 4 heteroatoms. The van der Waals surface area contributed by atoms with Gasteiger partial charge in [0.25, 0.3) is 0 Å². The van der Waals surface area contributed by atoms with Crippen LogP contribution in [-0.4, -0.2) is 54.4 Å².